The maximum Gasteiger partial charge on any atom is 0.337 e. The molecule has 218 valence electrons. The van der Waals surface area contributed by atoms with Gasteiger partial charge in [-0.3, -0.25) is 9.59 Å². The number of nitrogens with one attached hydrogen (secondary N) is 1. The fraction of sp³-hybridized carbons (Fsp3) is 0.417. The van der Waals surface area contributed by atoms with Crippen LogP contribution >= 0.6 is 0 Å². The topological polar surface area (TPSA) is 75.7 Å². The predicted octanol–water partition coefficient (Wildman–Crippen LogP) is 6.27. The second kappa shape index (κ2) is 12.1. The van der Waals surface area contributed by atoms with Gasteiger partial charge in [0, 0.05) is 31.5 Å². The number of hydrogen-bond acceptors (Lipinski definition) is 4. The fourth-order valence-corrected chi connectivity index (χ4v) is 6.93. The molecule has 3 aliphatic rings. The molecule has 0 aromatic heterocycles. The van der Waals surface area contributed by atoms with Gasteiger partial charge in [0.15, 0.2) is 0 Å². The Balaban J connectivity index is 1.25. The maximum atomic E-state index is 13.6. The van der Waals surface area contributed by atoms with Crippen LogP contribution in [0.1, 0.15) is 77.6 Å². The van der Waals surface area contributed by atoms with Gasteiger partial charge >= 0.3 is 5.97 Å². The van der Waals surface area contributed by atoms with Crippen LogP contribution in [0.5, 0.6) is 0 Å². The largest absolute Gasteiger partial charge is 0.465 e. The summed E-state index contributed by atoms with van der Waals surface area (Å²) in [6.07, 6.45) is 5.79. The lowest BCUT2D eigenvalue weighted by molar-refractivity contribution is -0.137. The van der Waals surface area contributed by atoms with Crippen molar-refractivity contribution in [2.24, 2.45) is 17.8 Å². The SMILES string of the molecule is COC(=O)c1cccc(-c2ccc(CNC(=O)C3CC3c3ccccc3)c3c2CCN(C(=O)C2CCC(C)CC2)C3)c1. The summed E-state index contributed by atoms with van der Waals surface area (Å²) >= 11 is 0. The second-order valence-electron chi connectivity index (χ2n) is 12.3. The Labute approximate surface area is 248 Å². The number of hydrogen-bond donors (Lipinski definition) is 1. The van der Waals surface area contributed by atoms with Crippen LogP contribution in [0.2, 0.25) is 0 Å². The molecule has 3 aromatic carbocycles. The normalized spacial score (nSPS) is 23.0. The summed E-state index contributed by atoms with van der Waals surface area (Å²) in [7, 11) is 1.39. The number of rotatable bonds is 7. The summed E-state index contributed by atoms with van der Waals surface area (Å²) in [4.78, 5) is 41.0. The van der Waals surface area contributed by atoms with E-state index < -0.39 is 0 Å². The van der Waals surface area contributed by atoms with E-state index in [9.17, 15) is 14.4 Å². The van der Waals surface area contributed by atoms with Crippen molar-refractivity contribution < 1.29 is 19.1 Å². The van der Waals surface area contributed by atoms with Gasteiger partial charge in [0.25, 0.3) is 0 Å². The Bertz CT molecular complexity index is 1470. The number of methoxy groups -OCH3 is 1. The summed E-state index contributed by atoms with van der Waals surface area (Å²) < 4.78 is 4.95. The van der Waals surface area contributed by atoms with Gasteiger partial charge in [0.1, 0.15) is 0 Å². The highest BCUT2D eigenvalue weighted by Gasteiger charge is 2.43. The highest BCUT2D eigenvalue weighted by molar-refractivity contribution is 5.91. The molecule has 0 radical (unpaired) electrons. The average molecular weight is 565 g/mol. The Morgan fingerprint density at radius 1 is 0.929 bits per heavy atom. The lowest BCUT2D eigenvalue weighted by Gasteiger charge is -2.36. The van der Waals surface area contributed by atoms with E-state index in [2.05, 4.69) is 36.5 Å². The molecule has 0 spiro atoms. The Kier molecular flexibility index (Phi) is 8.14. The Hall–Kier alpha value is -3.93. The minimum Gasteiger partial charge on any atom is -0.465 e. The quantitative estimate of drug-likeness (QED) is 0.343. The number of fused-ring (bicyclic) bond motifs is 1. The lowest BCUT2D eigenvalue weighted by Crippen LogP contribution is -2.41. The zero-order valence-electron chi connectivity index (χ0n) is 24.6. The van der Waals surface area contributed by atoms with Crippen molar-refractivity contribution in [1.29, 1.82) is 0 Å². The molecule has 0 bridgehead atoms. The summed E-state index contributed by atoms with van der Waals surface area (Å²) in [5.41, 5.74) is 7.12. The first-order chi connectivity index (χ1) is 20.4. The van der Waals surface area contributed by atoms with Crippen LogP contribution < -0.4 is 5.32 Å². The van der Waals surface area contributed by atoms with Crippen LogP contribution in [0.25, 0.3) is 11.1 Å². The number of esters is 1. The first kappa shape index (κ1) is 28.2. The van der Waals surface area contributed by atoms with E-state index in [4.69, 9.17) is 4.74 Å². The Morgan fingerprint density at radius 3 is 2.48 bits per heavy atom. The summed E-state index contributed by atoms with van der Waals surface area (Å²) in [6.45, 7) is 3.94. The third-order valence-corrected chi connectivity index (χ3v) is 9.59. The molecule has 1 aliphatic heterocycles. The van der Waals surface area contributed by atoms with Crippen molar-refractivity contribution in [3.63, 3.8) is 0 Å². The standard InChI is InChI=1S/C36H40N2O4/c1-23-11-13-25(14-12-23)35(40)38-18-17-30-29(26-9-6-10-27(19-26)36(41)42-2)16-15-28(33(30)22-38)21-37-34(39)32-20-31(32)24-7-4-3-5-8-24/h3-10,15-16,19,23,25,31-32H,11-14,17-18,20-22H2,1-2H3,(H,37,39). The molecule has 0 saturated heterocycles. The summed E-state index contributed by atoms with van der Waals surface area (Å²) in [5.74, 6) is 1.10. The second-order valence-corrected chi connectivity index (χ2v) is 12.3. The van der Waals surface area contributed by atoms with Crippen LogP contribution in [0, 0.1) is 17.8 Å². The smallest absolute Gasteiger partial charge is 0.337 e. The molecule has 3 aromatic rings. The Morgan fingerprint density at radius 2 is 1.71 bits per heavy atom. The molecule has 1 N–H and O–H groups in total. The molecule has 2 unspecified atom stereocenters. The zero-order valence-corrected chi connectivity index (χ0v) is 24.6. The first-order valence-electron chi connectivity index (χ1n) is 15.4. The summed E-state index contributed by atoms with van der Waals surface area (Å²) in [6, 6.07) is 22.0. The van der Waals surface area contributed by atoms with E-state index in [-0.39, 0.29) is 35.5 Å². The van der Waals surface area contributed by atoms with Crippen LogP contribution in [0.15, 0.2) is 66.7 Å². The number of carbonyl (C=O) groups excluding carboxylic acids is 3. The van der Waals surface area contributed by atoms with Crippen molar-refractivity contribution in [3.8, 4) is 11.1 Å². The van der Waals surface area contributed by atoms with Crippen LogP contribution in [0.4, 0.5) is 0 Å². The zero-order chi connectivity index (χ0) is 29.2. The third kappa shape index (κ3) is 5.85. The fourth-order valence-electron chi connectivity index (χ4n) is 6.93. The average Bonchev–Trinajstić information content (AvgIpc) is 3.85. The van der Waals surface area contributed by atoms with Gasteiger partial charge in [0.2, 0.25) is 11.8 Å². The van der Waals surface area contributed by atoms with E-state index in [1.54, 1.807) is 6.07 Å². The van der Waals surface area contributed by atoms with Crippen LogP contribution in [-0.4, -0.2) is 36.3 Å². The van der Waals surface area contributed by atoms with E-state index in [0.717, 1.165) is 60.8 Å². The van der Waals surface area contributed by atoms with Gasteiger partial charge in [0.05, 0.1) is 12.7 Å². The van der Waals surface area contributed by atoms with Crippen LogP contribution in [-0.2, 0) is 33.8 Å². The van der Waals surface area contributed by atoms with E-state index in [1.165, 1.54) is 18.2 Å². The molecule has 6 heteroatoms. The van der Waals surface area contributed by atoms with Gasteiger partial charge in [-0.2, -0.15) is 0 Å². The maximum absolute atomic E-state index is 13.6. The molecule has 42 heavy (non-hydrogen) atoms. The molecule has 6 nitrogen and oxygen atoms in total. The van der Waals surface area contributed by atoms with Gasteiger partial charge < -0.3 is 15.0 Å². The minimum atomic E-state index is -0.363. The van der Waals surface area contributed by atoms with Gasteiger partial charge in [-0.1, -0.05) is 61.5 Å². The van der Waals surface area contributed by atoms with Crippen LogP contribution in [0.3, 0.4) is 0 Å². The minimum absolute atomic E-state index is 0.00956. The van der Waals surface area contributed by atoms with E-state index in [0.29, 0.717) is 31.1 Å². The van der Waals surface area contributed by atoms with Crippen molar-refractivity contribution >= 4 is 17.8 Å². The van der Waals surface area contributed by atoms with Crippen molar-refractivity contribution in [3.05, 3.63) is 94.5 Å². The van der Waals surface area contributed by atoms with E-state index in [1.807, 2.05) is 41.3 Å². The number of amides is 2. The van der Waals surface area contributed by atoms with Gasteiger partial charge in [-0.05, 0) is 95.9 Å². The molecular weight excluding hydrogens is 524 g/mol. The molecular formula is C36H40N2O4. The number of carbonyl (C=O) groups is 3. The number of benzene rings is 3. The molecule has 6 rings (SSSR count). The predicted molar refractivity (Wildman–Crippen MR) is 163 cm³/mol. The summed E-state index contributed by atoms with van der Waals surface area (Å²) in [5, 5.41) is 3.21. The van der Waals surface area contributed by atoms with Crippen molar-refractivity contribution in [2.45, 2.75) is 64.5 Å². The molecule has 1 heterocycles. The molecule has 2 amide bonds. The number of nitrogens with zero attached hydrogens (tertiary/aromatic N) is 1. The van der Waals surface area contributed by atoms with Crippen molar-refractivity contribution in [1.82, 2.24) is 10.2 Å². The lowest BCUT2D eigenvalue weighted by atomic mass is 9.81. The number of ether oxygens (including phenoxy) is 1. The molecule has 2 aliphatic carbocycles. The van der Waals surface area contributed by atoms with Gasteiger partial charge in [-0.15, -0.1) is 0 Å². The molecule has 2 saturated carbocycles. The van der Waals surface area contributed by atoms with E-state index >= 15 is 0 Å². The molecule has 2 fully saturated rings. The third-order valence-electron chi connectivity index (χ3n) is 9.59. The molecule has 2 atom stereocenters. The highest BCUT2D eigenvalue weighted by atomic mass is 16.5. The van der Waals surface area contributed by atoms with Gasteiger partial charge in [-0.25, -0.2) is 4.79 Å². The highest BCUT2D eigenvalue weighted by Crippen LogP contribution is 2.47. The first-order valence-corrected chi connectivity index (χ1v) is 15.4. The monoisotopic (exact) mass is 564 g/mol. The van der Waals surface area contributed by atoms with Crippen molar-refractivity contribution in [2.75, 3.05) is 13.7 Å².